The molecule has 150 valence electrons. The van der Waals surface area contributed by atoms with Crippen LogP contribution < -0.4 is 11.1 Å². The van der Waals surface area contributed by atoms with Crippen LogP contribution in [0.1, 0.15) is 59.3 Å². The van der Waals surface area contributed by atoms with Crippen LogP contribution in [0.25, 0.3) is 5.69 Å². The SMILES string of the molecule is COCC(C)Nc1cc(-n2c(C)cc3c2CC(C)(C)CC3=O)ccc1C(N)=O. The van der Waals surface area contributed by atoms with Crippen molar-refractivity contribution in [2.75, 3.05) is 19.0 Å². The standard InChI is InChI=1S/C22H29N3O3/c1-13(12-28-5)24-18-9-15(6-7-16(18)21(23)27)25-14(2)8-17-19(25)10-22(3,4)11-20(17)26/h6-9,13,24H,10-12H2,1-5H3,(H2,23,27). The lowest BCUT2D eigenvalue weighted by atomic mass is 9.76. The van der Waals surface area contributed by atoms with E-state index in [0.717, 1.165) is 29.1 Å². The zero-order chi connectivity index (χ0) is 20.6. The van der Waals surface area contributed by atoms with Crippen LogP contribution in [0.4, 0.5) is 5.69 Å². The highest BCUT2D eigenvalue weighted by atomic mass is 16.5. The largest absolute Gasteiger partial charge is 0.383 e. The molecule has 6 nitrogen and oxygen atoms in total. The fourth-order valence-corrected chi connectivity index (χ4v) is 4.07. The molecule has 1 aromatic heterocycles. The number of nitrogens with two attached hydrogens (primary N) is 1. The lowest BCUT2D eigenvalue weighted by Gasteiger charge is -2.30. The van der Waals surface area contributed by atoms with Crippen molar-refractivity contribution in [1.29, 1.82) is 0 Å². The Balaban J connectivity index is 2.10. The molecule has 2 aromatic rings. The Labute approximate surface area is 166 Å². The Morgan fingerprint density at radius 3 is 2.68 bits per heavy atom. The molecule has 0 spiro atoms. The highest BCUT2D eigenvalue weighted by molar-refractivity contribution is 6.00. The summed E-state index contributed by atoms with van der Waals surface area (Å²) >= 11 is 0. The molecule has 1 unspecified atom stereocenters. The molecule has 0 bridgehead atoms. The van der Waals surface area contributed by atoms with Crippen molar-refractivity contribution in [2.45, 2.75) is 46.6 Å². The van der Waals surface area contributed by atoms with Crippen molar-refractivity contribution in [2.24, 2.45) is 11.1 Å². The van der Waals surface area contributed by atoms with Gasteiger partial charge in [-0.05, 0) is 49.9 Å². The number of carbonyl (C=O) groups is 2. The van der Waals surface area contributed by atoms with Gasteiger partial charge in [0.15, 0.2) is 5.78 Å². The number of aromatic nitrogens is 1. The summed E-state index contributed by atoms with van der Waals surface area (Å²) in [5.41, 5.74) is 10.3. The molecule has 1 aliphatic carbocycles. The number of anilines is 1. The van der Waals surface area contributed by atoms with Gasteiger partial charge in [0.2, 0.25) is 0 Å². The van der Waals surface area contributed by atoms with Gasteiger partial charge in [-0.3, -0.25) is 9.59 Å². The second-order valence-electron chi connectivity index (χ2n) is 8.52. The number of Topliss-reactive ketones (excluding diaryl/α,β-unsaturated/α-hetero) is 1. The molecule has 0 saturated heterocycles. The maximum absolute atomic E-state index is 12.6. The summed E-state index contributed by atoms with van der Waals surface area (Å²) in [6.45, 7) is 8.72. The molecule has 0 radical (unpaired) electrons. The van der Waals surface area contributed by atoms with Crippen molar-refractivity contribution in [1.82, 2.24) is 4.57 Å². The Kier molecular flexibility index (Phi) is 5.35. The lowest BCUT2D eigenvalue weighted by molar-refractivity contribution is 0.0910. The zero-order valence-corrected chi connectivity index (χ0v) is 17.3. The van der Waals surface area contributed by atoms with Crippen molar-refractivity contribution in [3.05, 3.63) is 46.8 Å². The third-order valence-corrected chi connectivity index (χ3v) is 5.22. The molecule has 0 fully saturated rings. The molecule has 1 aromatic carbocycles. The number of ketones is 1. The van der Waals surface area contributed by atoms with Gasteiger partial charge in [0.05, 0.1) is 12.2 Å². The van der Waals surface area contributed by atoms with E-state index in [1.807, 2.05) is 32.0 Å². The first-order valence-corrected chi connectivity index (χ1v) is 9.57. The Bertz CT molecular complexity index is 927. The first kappa shape index (κ1) is 20.1. The normalized spacial score (nSPS) is 16.5. The van der Waals surface area contributed by atoms with E-state index in [9.17, 15) is 9.59 Å². The van der Waals surface area contributed by atoms with Crippen molar-refractivity contribution < 1.29 is 14.3 Å². The molecule has 3 rings (SSSR count). The number of rotatable bonds is 6. The molecule has 28 heavy (non-hydrogen) atoms. The summed E-state index contributed by atoms with van der Waals surface area (Å²) < 4.78 is 7.30. The minimum absolute atomic E-state index is 0.0125. The smallest absolute Gasteiger partial charge is 0.250 e. The van der Waals surface area contributed by atoms with Gasteiger partial charge >= 0.3 is 0 Å². The van der Waals surface area contributed by atoms with E-state index < -0.39 is 5.91 Å². The number of nitrogens with zero attached hydrogens (tertiary/aromatic N) is 1. The van der Waals surface area contributed by atoms with E-state index in [1.54, 1.807) is 13.2 Å². The Hall–Kier alpha value is -2.60. The van der Waals surface area contributed by atoms with Crippen LogP contribution >= 0.6 is 0 Å². The molecule has 0 saturated carbocycles. The summed E-state index contributed by atoms with van der Waals surface area (Å²) in [5.74, 6) is -0.296. The lowest BCUT2D eigenvalue weighted by Crippen LogP contribution is -2.28. The van der Waals surface area contributed by atoms with Crippen LogP contribution in [0.15, 0.2) is 24.3 Å². The molecule has 0 aliphatic heterocycles. The monoisotopic (exact) mass is 383 g/mol. The maximum Gasteiger partial charge on any atom is 0.250 e. The number of methoxy groups -OCH3 is 1. The van der Waals surface area contributed by atoms with E-state index in [4.69, 9.17) is 10.5 Å². The summed E-state index contributed by atoms with van der Waals surface area (Å²) in [6.07, 6.45) is 1.38. The van der Waals surface area contributed by atoms with E-state index in [1.165, 1.54) is 0 Å². The quantitative estimate of drug-likeness (QED) is 0.799. The number of carbonyl (C=O) groups excluding carboxylic acids is 2. The van der Waals surface area contributed by atoms with Crippen molar-refractivity contribution >= 4 is 17.4 Å². The van der Waals surface area contributed by atoms with Gasteiger partial charge in [-0.15, -0.1) is 0 Å². The molecule has 1 heterocycles. The van der Waals surface area contributed by atoms with E-state index in [-0.39, 0.29) is 17.2 Å². The number of fused-ring (bicyclic) bond motifs is 1. The molecular weight excluding hydrogens is 354 g/mol. The first-order valence-electron chi connectivity index (χ1n) is 9.57. The van der Waals surface area contributed by atoms with Gasteiger partial charge in [-0.2, -0.15) is 0 Å². The van der Waals surface area contributed by atoms with Gasteiger partial charge in [-0.25, -0.2) is 0 Å². The van der Waals surface area contributed by atoms with E-state index in [2.05, 4.69) is 23.7 Å². The van der Waals surface area contributed by atoms with Crippen LogP contribution in [0.2, 0.25) is 0 Å². The summed E-state index contributed by atoms with van der Waals surface area (Å²) in [7, 11) is 1.64. The molecule has 1 atom stereocenters. The van der Waals surface area contributed by atoms with Crippen LogP contribution in [-0.4, -0.2) is 36.0 Å². The second-order valence-corrected chi connectivity index (χ2v) is 8.52. The van der Waals surface area contributed by atoms with Gasteiger partial charge in [0, 0.05) is 47.9 Å². The number of ether oxygens (including phenoxy) is 1. The summed E-state index contributed by atoms with van der Waals surface area (Å²) in [6, 6.07) is 7.52. The number of primary amides is 1. The summed E-state index contributed by atoms with van der Waals surface area (Å²) in [5, 5.41) is 3.31. The Morgan fingerprint density at radius 1 is 1.32 bits per heavy atom. The average molecular weight is 383 g/mol. The minimum atomic E-state index is -0.485. The zero-order valence-electron chi connectivity index (χ0n) is 17.3. The molecule has 3 N–H and O–H groups in total. The highest BCUT2D eigenvalue weighted by Gasteiger charge is 2.34. The molecule has 1 amide bonds. The van der Waals surface area contributed by atoms with Gasteiger partial charge < -0.3 is 20.4 Å². The number of amides is 1. The molecule has 6 heteroatoms. The number of nitrogens with one attached hydrogen (secondary N) is 1. The maximum atomic E-state index is 12.6. The predicted molar refractivity (Wildman–Crippen MR) is 110 cm³/mol. The number of hydrogen-bond donors (Lipinski definition) is 2. The van der Waals surface area contributed by atoms with Crippen LogP contribution in [0.5, 0.6) is 0 Å². The summed E-state index contributed by atoms with van der Waals surface area (Å²) in [4.78, 5) is 24.5. The second kappa shape index (κ2) is 7.43. The number of benzene rings is 1. The average Bonchev–Trinajstić information content (AvgIpc) is 2.89. The number of hydrogen-bond acceptors (Lipinski definition) is 4. The third kappa shape index (κ3) is 3.83. The Morgan fingerprint density at radius 2 is 2.04 bits per heavy atom. The van der Waals surface area contributed by atoms with Gasteiger partial charge in [0.25, 0.3) is 5.91 Å². The van der Waals surface area contributed by atoms with Gasteiger partial charge in [0.1, 0.15) is 0 Å². The van der Waals surface area contributed by atoms with Crippen molar-refractivity contribution in [3.63, 3.8) is 0 Å². The van der Waals surface area contributed by atoms with Crippen molar-refractivity contribution in [3.8, 4) is 5.69 Å². The fraction of sp³-hybridized carbons (Fsp3) is 0.455. The third-order valence-electron chi connectivity index (χ3n) is 5.22. The predicted octanol–water partition coefficient (Wildman–Crippen LogP) is 3.49. The van der Waals surface area contributed by atoms with Gasteiger partial charge in [-0.1, -0.05) is 13.8 Å². The molecular formula is C22H29N3O3. The number of aryl methyl sites for hydroxylation is 1. The van der Waals surface area contributed by atoms with Crippen LogP contribution in [0.3, 0.4) is 0 Å². The molecule has 1 aliphatic rings. The van der Waals surface area contributed by atoms with Crippen LogP contribution in [-0.2, 0) is 11.2 Å². The topological polar surface area (TPSA) is 86.3 Å². The first-order chi connectivity index (χ1) is 13.1. The fourth-order valence-electron chi connectivity index (χ4n) is 4.07. The highest BCUT2D eigenvalue weighted by Crippen LogP contribution is 2.38. The minimum Gasteiger partial charge on any atom is -0.383 e. The van der Waals surface area contributed by atoms with E-state index in [0.29, 0.717) is 24.3 Å². The van der Waals surface area contributed by atoms with E-state index >= 15 is 0 Å². The van der Waals surface area contributed by atoms with Crippen LogP contribution in [0, 0.1) is 12.3 Å².